The molecule has 0 atom stereocenters. The summed E-state index contributed by atoms with van der Waals surface area (Å²) in [6.07, 6.45) is 6.48. The molecule has 6 heteroatoms. The molecule has 0 spiro atoms. The summed E-state index contributed by atoms with van der Waals surface area (Å²) in [6, 6.07) is 19.0. The van der Waals surface area contributed by atoms with Crippen LogP contribution in [0.2, 0.25) is 0 Å². The Bertz CT molecular complexity index is 1190. The first kappa shape index (κ1) is 21.3. The van der Waals surface area contributed by atoms with E-state index >= 15 is 0 Å². The molecule has 2 aromatic heterocycles. The molecule has 0 saturated carbocycles. The molecule has 1 fully saturated rings. The van der Waals surface area contributed by atoms with Crippen LogP contribution in [-0.2, 0) is 13.1 Å². The first-order valence-corrected chi connectivity index (χ1v) is 11.5. The highest BCUT2D eigenvalue weighted by Gasteiger charge is 2.14. The predicted octanol–water partition coefficient (Wildman–Crippen LogP) is 5.27. The fourth-order valence-electron chi connectivity index (χ4n) is 4.22. The molecule has 0 bridgehead atoms. The standard InChI is InChI=1S/C27H28FN5/c1-20-4-7-22(8-5-20)27-23(19-33(31-27)25-11-9-24(28)10-12-25)18-29-16-21-6-13-26(30-17-21)32-14-2-3-15-32/h4-13,17,19,29H,2-3,14-16,18H2,1H3. The van der Waals surface area contributed by atoms with Crippen LogP contribution in [-0.4, -0.2) is 27.9 Å². The van der Waals surface area contributed by atoms with Gasteiger partial charge in [0, 0.05) is 49.7 Å². The summed E-state index contributed by atoms with van der Waals surface area (Å²) in [5, 5.41) is 8.36. The van der Waals surface area contributed by atoms with Crippen molar-refractivity contribution in [1.29, 1.82) is 0 Å². The number of anilines is 1. The number of aryl methyl sites for hydroxylation is 1. The van der Waals surface area contributed by atoms with Crippen LogP contribution in [0.3, 0.4) is 0 Å². The zero-order valence-electron chi connectivity index (χ0n) is 18.8. The molecule has 5 rings (SSSR count). The summed E-state index contributed by atoms with van der Waals surface area (Å²) >= 11 is 0. The molecular formula is C27H28FN5. The second kappa shape index (κ2) is 9.55. The van der Waals surface area contributed by atoms with Gasteiger partial charge in [0.05, 0.1) is 11.4 Å². The van der Waals surface area contributed by atoms with Gasteiger partial charge in [0.1, 0.15) is 11.6 Å². The van der Waals surface area contributed by atoms with Gasteiger partial charge in [0.25, 0.3) is 0 Å². The van der Waals surface area contributed by atoms with E-state index in [2.05, 4.69) is 58.5 Å². The zero-order valence-corrected chi connectivity index (χ0v) is 18.8. The molecule has 168 valence electrons. The zero-order chi connectivity index (χ0) is 22.6. The summed E-state index contributed by atoms with van der Waals surface area (Å²) < 4.78 is 15.2. The van der Waals surface area contributed by atoms with Crippen LogP contribution < -0.4 is 10.2 Å². The molecule has 0 aliphatic carbocycles. The normalized spacial score (nSPS) is 13.6. The van der Waals surface area contributed by atoms with E-state index in [9.17, 15) is 4.39 Å². The van der Waals surface area contributed by atoms with Crippen molar-refractivity contribution >= 4 is 5.82 Å². The highest BCUT2D eigenvalue weighted by atomic mass is 19.1. The summed E-state index contributed by atoms with van der Waals surface area (Å²) in [4.78, 5) is 6.99. The van der Waals surface area contributed by atoms with Gasteiger partial charge in [-0.25, -0.2) is 14.1 Å². The molecule has 0 amide bonds. The average Bonchev–Trinajstić information content (AvgIpc) is 3.52. The molecule has 2 aromatic carbocycles. The lowest BCUT2D eigenvalue weighted by Crippen LogP contribution is -2.19. The van der Waals surface area contributed by atoms with E-state index in [4.69, 9.17) is 5.10 Å². The molecule has 1 saturated heterocycles. The molecule has 0 unspecified atom stereocenters. The van der Waals surface area contributed by atoms with Gasteiger partial charge in [0.2, 0.25) is 0 Å². The van der Waals surface area contributed by atoms with Gasteiger partial charge in [-0.15, -0.1) is 0 Å². The number of hydrogen-bond acceptors (Lipinski definition) is 4. The highest BCUT2D eigenvalue weighted by molar-refractivity contribution is 5.63. The number of benzene rings is 2. The van der Waals surface area contributed by atoms with Crippen LogP contribution in [0, 0.1) is 12.7 Å². The molecule has 33 heavy (non-hydrogen) atoms. The van der Waals surface area contributed by atoms with Crippen molar-refractivity contribution in [3.05, 3.63) is 95.6 Å². The fraction of sp³-hybridized carbons (Fsp3) is 0.259. The van der Waals surface area contributed by atoms with Crippen molar-refractivity contribution in [2.75, 3.05) is 18.0 Å². The van der Waals surface area contributed by atoms with Crippen LogP contribution in [0.5, 0.6) is 0 Å². The molecule has 5 nitrogen and oxygen atoms in total. The van der Waals surface area contributed by atoms with Crippen molar-refractivity contribution in [2.24, 2.45) is 0 Å². The van der Waals surface area contributed by atoms with Crippen molar-refractivity contribution in [3.63, 3.8) is 0 Å². The van der Waals surface area contributed by atoms with Crippen molar-refractivity contribution in [1.82, 2.24) is 20.1 Å². The first-order chi connectivity index (χ1) is 16.2. The Morgan fingerprint density at radius 1 is 0.909 bits per heavy atom. The summed E-state index contributed by atoms with van der Waals surface area (Å²) in [5.41, 5.74) is 6.27. The minimum atomic E-state index is -0.254. The van der Waals surface area contributed by atoms with Crippen LogP contribution in [0.1, 0.15) is 29.5 Å². The number of rotatable bonds is 7. The van der Waals surface area contributed by atoms with Crippen LogP contribution >= 0.6 is 0 Å². The Morgan fingerprint density at radius 2 is 1.67 bits per heavy atom. The van der Waals surface area contributed by atoms with Gasteiger partial charge < -0.3 is 10.2 Å². The predicted molar refractivity (Wildman–Crippen MR) is 130 cm³/mol. The summed E-state index contributed by atoms with van der Waals surface area (Å²) in [6.45, 7) is 5.67. The number of nitrogens with zero attached hydrogens (tertiary/aromatic N) is 4. The van der Waals surface area contributed by atoms with E-state index in [-0.39, 0.29) is 5.82 Å². The average molecular weight is 442 g/mol. The molecule has 1 aliphatic heterocycles. The van der Waals surface area contributed by atoms with E-state index in [1.54, 1.807) is 12.1 Å². The summed E-state index contributed by atoms with van der Waals surface area (Å²) in [7, 11) is 0. The van der Waals surface area contributed by atoms with Crippen molar-refractivity contribution in [2.45, 2.75) is 32.9 Å². The third-order valence-electron chi connectivity index (χ3n) is 6.09. The number of halogens is 1. The van der Waals surface area contributed by atoms with Crippen LogP contribution in [0.25, 0.3) is 16.9 Å². The monoisotopic (exact) mass is 441 g/mol. The van der Waals surface area contributed by atoms with Gasteiger partial charge >= 0.3 is 0 Å². The number of pyridine rings is 1. The Balaban J connectivity index is 1.32. The van der Waals surface area contributed by atoms with Gasteiger partial charge in [0.15, 0.2) is 0 Å². The minimum Gasteiger partial charge on any atom is -0.357 e. The third kappa shape index (κ3) is 4.96. The van der Waals surface area contributed by atoms with Gasteiger partial charge in [-0.3, -0.25) is 0 Å². The molecule has 1 aliphatic rings. The maximum Gasteiger partial charge on any atom is 0.128 e. The number of aromatic nitrogens is 3. The van der Waals surface area contributed by atoms with E-state index in [0.717, 1.165) is 53.5 Å². The Kier molecular flexibility index (Phi) is 6.17. The highest BCUT2D eigenvalue weighted by Crippen LogP contribution is 2.25. The Morgan fingerprint density at radius 3 is 2.36 bits per heavy atom. The lowest BCUT2D eigenvalue weighted by Gasteiger charge is -2.16. The molecule has 4 aromatic rings. The van der Waals surface area contributed by atoms with Gasteiger partial charge in [-0.2, -0.15) is 5.10 Å². The largest absolute Gasteiger partial charge is 0.357 e. The Labute approximate surface area is 193 Å². The molecular weight excluding hydrogens is 413 g/mol. The SMILES string of the molecule is Cc1ccc(-c2nn(-c3ccc(F)cc3)cc2CNCc2ccc(N3CCCC3)nc2)cc1. The number of hydrogen-bond donors (Lipinski definition) is 1. The maximum absolute atomic E-state index is 13.4. The van der Waals surface area contributed by atoms with Crippen molar-refractivity contribution in [3.8, 4) is 16.9 Å². The first-order valence-electron chi connectivity index (χ1n) is 11.5. The topological polar surface area (TPSA) is 46.0 Å². The fourth-order valence-corrected chi connectivity index (χ4v) is 4.22. The maximum atomic E-state index is 13.4. The van der Waals surface area contributed by atoms with Crippen LogP contribution in [0.15, 0.2) is 73.1 Å². The van der Waals surface area contributed by atoms with Crippen molar-refractivity contribution < 1.29 is 4.39 Å². The smallest absolute Gasteiger partial charge is 0.128 e. The Hall–Kier alpha value is -3.51. The van der Waals surface area contributed by atoms with E-state index < -0.39 is 0 Å². The van der Waals surface area contributed by atoms with Crippen LogP contribution in [0.4, 0.5) is 10.2 Å². The lowest BCUT2D eigenvalue weighted by molar-refractivity contribution is 0.627. The van der Waals surface area contributed by atoms with E-state index in [1.165, 1.54) is 30.5 Å². The van der Waals surface area contributed by atoms with E-state index in [1.807, 2.05) is 17.1 Å². The van der Waals surface area contributed by atoms with E-state index in [0.29, 0.717) is 6.54 Å². The molecule has 1 N–H and O–H groups in total. The lowest BCUT2D eigenvalue weighted by atomic mass is 10.1. The summed E-state index contributed by atoms with van der Waals surface area (Å²) in [5.74, 6) is 0.814. The molecule has 3 heterocycles. The quantitative estimate of drug-likeness (QED) is 0.424. The number of nitrogens with one attached hydrogen (secondary N) is 1. The second-order valence-electron chi connectivity index (χ2n) is 8.61. The van der Waals surface area contributed by atoms with Gasteiger partial charge in [-0.05, 0) is 55.7 Å². The van der Waals surface area contributed by atoms with Gasteiger partial charge in [-0.1, -0.05) is 35.9 Å². The minimum absolute atomic E-state index is 0.254. The molecule has 0 radical (unpaired) electrons. The second-order valence-corrected chi connectivity index (χ2v) is 8.61. The third-order valence-corrected chi connectivity index (χ3v) is 6.09.